The lowest BCUT2D eigenvalue weighted by Gasteiger charge is -2.08. The number of hydrogen-bond donors (Lipinski definition) is 0. The number of rotatable bonds is 3. The smallest absolute Gasteiger partial charge is 0.163 e. The van der Waals surface area contributed by atoms with E-state index in [1.165, 1.54) is 37.2 Å². The summed E-state index contributed by atoms with van der Waals surface area (Å²) < 4.78 is 21.8. The van der Waals surface area contributed by atoms with Crippen molar-refractivity contribution in [2.75, 3.05) is 6.61 Å². The van der Waals surface area contributed by atoms with Crippen LogP contribution in [0.2, 0.25) is 5.02 Å². The standard InChI is InChI=1S/C15H11ClFN3.C10H14N2O/c1-8-5-12-14(11-4-3-10(16)6-13(11)17)18-7-19-15(12)20-9(8)2;1-2-10(13-5-1)8-6-11-12(7-8)9-3-4-9/h3-7H,1-2H3;6-7,9-10H,1-5H2. The van der Waals surface area contributed by atoms with E-state index in [1.807, 2.05) is 26.1 Å². The Morgan fingerprint density at radius 2 is 1.97 bits per heavy atom. The SMILES string of the molecule is Cc1cc2c(-c3ccc(Cl)cc3F)ncnc2nc1C.c1nn(C2CC2)cc1C1CCCO1. The minimum atomic E-state index is -0.407. The van der Waals surface area contributed by atoms with Crippen LogP contribution >= 0.6 is 11.6 Å². The first-order valence-electron chi connectivity index (χ1n) is 11.2. The molecule has 4 heterocycles. The Kier molecular flexibility index (Phi) is 6.08. The number of aryl methyl sites for hydroxylation is 2. The third-order valence-electron chi connectivity index (χ3n) is 6.10. The van der Waals surface area contributed by atoms with Crippen LogP contribution in [0.4, 0.5) is 4.39 Å². The molecule has 33 heavy (non-hydrogen) atoms. The fourth-order valence-electron chi connectivity index (χ4n) is 3.97. The van der Waals surface area contributed by atoms with Gasteiger partial charge >= 0.3 is 0 Å². The van der Waals surface area contributed by atoms with Crippen LogP contribution in [0.3, 0.4) is 0 Å². The average Bonchev–Trinajstić information content (AvgIpc) is 3.28. The summed E-state index contributed by atoms with van der Waals surface area (Å²) in [5.41, 5.74) is 4.67. The molecular weight excluding hydrogens is 441 g/mol. The molecule has 1 aliphatic carbocycles. The third-order valence-corrected chi connectivity index (χ3v) is 6.33. The van der Waals surface area contributed by atoms with Gasteiger partial charge < -0.3 is 4.74 Å². The largest absolute Gasteiger partial charge is 0.373 e. The number of ether oxygens (including phenoxy) is 1. The number of halogens is 2. The van der Waals surface area contributed by atoms with Gasteiger partial charge in [0.1, 0.15) is 12.1 Å². The fraction of sp³-hybridized carbons (Fsp3) is 0.360. The highest BCUT2D eigenvalue weighted by Gasteiger charge is 2.26. The molecular formula is C25H25ClFN5O. The summed E-state index contributed by atoms with van der Waals surface area (Å²) in [6.45, 7) is 4.79. The molecule has 8 heteroatoms. The lowest BCUT2D eigenvalue weighted by molar-refractivity contribution is 0.112. The molecule has 4 aromatic rings. The van der Waals surface area contributed by atoms with Gasteiger partial charge in [-0.25, -0.2) is 19.3 Å². The zero-order chi connectivity index (χ0) is 22.9. The van der Waals surface area contributed by atoms with Crippen LogP contribution in [0.1, 0.15) is 54.6 Å². The molecule has 170 valence electrons. The minimum absolute atomic E-state index is 0.326. The maximum Gasteiger partial charge on any atom is 0.163 e. The first-order chi connectivity index (χ1) is 16.0. The second kappa shape index (κ2) is 9.15. The summed E-state index contributed by atoms with van der Waals surface area (Å²) in [7, 11) is 0. The minimum Gasteiger partial charge on any atom is -0.373 e. The van der Waals surface area contributed by atoms with Crippen molar-refractivity contribution in [3.05, 3.63) is 70.6 Å². The van der Waals surface area contributed by atoms with Gasteiger partial charge in [0.25, 0.3) is 0 Å². The number of nitrogens with zero attached hydrogens (tertiary/aromatic N) is 5. The monoisotopic (exact) mass is 465 g/mol. The second-order valence-corrected chi connectivity index (χ2v) is 9.03. The number of hydrogen-bond acceptors (Lipinski definition) is 5. The van der Waals surface area contributed by atoms with E-state index in [-0.39, 0.29) is 0 Å². The molecule has 1 atom stereocenters. The molecule has 0 N–H and O–H groups in total. The summed E-state index contributed by atoms with van der Waals surface area (Å²) in [6, 6.07) is 7.16. The van der Waals surface area contributed by atoms with Crippen LogP contribution in [-0.2, 0) is 4.74 Å². The highest BCUT2D eigenvalue weighted by Crippen LogP contribution is 2.36. The van der Waals surface area contributed by atoms with Crippen molar-refractivity contribution in [1.82, 2.24) is 24.7 Å². The van der Waals surface area contributed by atoms with Crippen molar-refractivity contribution < 1.29 is 9.13 Å². The van der Waals surface area contributed by atoms with E-state index in [9.17, 15) is 4.39 Å². The van der Waals surface area contributed by atoms with Crippen LogP contribution < -0.4 is 0 Å². The Balaban J connectivity index is 0.000000151. The zero-order valence-corrected chi connectivity index (χ0v) is 19.4. The summed E-state index contributed by atoms with van der Waals surface area (Å²) in [5.74, 6) is -0.407. The average molecular weight is 466 g/mol. The lowest BCUT2D eigenvalue weighted by Crippen LogP contribution is -1.96. The number of fused-ring (bicyclic) bond motifs is 1. The number of aromatic nitrogens is 5. The summed E-state index contributed by atoms with van der Waals surface area (Å²) in [6.07, 6.45) is 10.8. The molecule has 0 radical (unpaired) electrons. The van der Waals surface area contributed by atoms with Gasteiger partial charge in [-0.15, -0.1) is 0 Å². The van der Waals surface area contributed by atoms with E-state index in [2.05, 4.69) is 30.9 Å². The fourth-order valence-corrected chi connectivity index (χ4v) is 4.13. The van der Waals surface area contributed by atoms with Gasteiger partial charge in [-0.3, -0.25) is 4.68 Å². The molecule has 1 saturated heterocycles. The van der Waals surface area contributed by atoms with Crippen molar-refractivity contribution in [2.24, 2.45) is 0 Å². The van der Waals surface area contributed by atoms with Crippen molar-refractivity contribution >= 4 is 22.6 Å². The van der Waals surface area contributed by atoms with Crippen molar-refractivity contribution in [3.63, 3.8) is 0 Å². The molecule has 0 spiro atoms. The van der Waals surface area contributed by atoms with Gasteiger partial charge in [-0.05, 0) is 69.4 Å². The molecule has 0 amide bonds. The van der Waals surface area contributed by atoms with Gasteiger partial charge in [-0.2, -0.15) is 5.10 Å². The van der Waals surface area contributed by atoms with E-state index in [0.717, 1.165) is 29.7 Å². The van der Waals surface area contributed by atoms with Crippen LogP contribution in [0, 0.1) is 19.7 Å². The topological polar surface area (TPSA) is 65.7 Å². The van der Waals surface area contributed by atoms with Gasteiger partial charge in [0, 0.05) is 40.0 Å². The zero-order valence-electron chi connectivity index (χ0n) is 18.6. The molecule has 1 aliphatic heterocycles. The van der Waals surface area contributed by atoms with E-state index in [4.69, 9.17) is 16.3 Å². The molecule has 6 nitrogen and oxygen atoms in total. The molecule has 2 fully saturated rings. The maximum absolute atomic E-state index is 14.1. The van der Waals surface area contributed by atoms with Crippen LogP contribution in [0.25, 0.3) is 22.3 Å². The van der Waals surface area contributed by atoms with Gasteiger partial charge in [0.2, 0.25) is 0 Å². The predicted molar refractivity (Wildman–Crippen MR) is 126 cm³/mol. The van der Waals surface area contributed by atoms with Gasteiger partial charge in [-0.1, -0.05) is 11.6 Å². The van der Waals surface area contributed by atoms with E-state index in [0.29, 0.717) is 34.1 Å². The Morgan fingerprint density at radius 3 is 2.70 bits per heavy atom. The molecule has 0 bridgehead atoms. The molecule has 6 rings (SSSR count). The van der Waals surface area contributed by atoms with Crippen LogP contribution in [0.15, 0.2) is 43.0 Å². The third kappa shape index (κ3) is 4.75. The van der Waals surface area contributed by atoms with Crippen molar-refractivity contribution in [2.45, 2.75) is 51.7 Å². The van der Waals surface area contributed by atoms with E-state index >= 15 is 0 Å². The highest BCUT2D eigenvalue weighted by atomic mass is 35.5. The summed E-state index contributed by atoms with van der Waals surface area (Å²) in [5, 5.41) is 5.45. The van der Waals surface area contributed by atoms with Gasteiger partial charge in [0.05, 0.1) is 24.0 Å². The van der Waals surface area contributed by atoms with Crippen molar-refractivity contribution in [1.29, 1.82) is 0 Å². The van der Waals surface area contributed by atoms with Gasteiger partial charge in [0.15, 0.2) is 5.65 Å². The van der Waals surface area contributed by atoms with Crippen molar-refractivity contribution in [3.8, 4) is 11.3 Å². The Morgan fingerprint density at radius 1 is 1.12 bits per heavy atom. The summed E-state index contributed by atoms with van der Waals surface area (Å²) >= 11 is 5.78. The van der Waals surface area contributed by atoms with E-state index in [1.54, 1.807) is 12.1 Å². The maximum atomic E-state index is 14.1. The Bertz CT molecular complexity index is 1300. The normalized spacial score (nSPS) is 17.8. The molecule has 2 aliphatic rings. The van der Waals surface area contributed by atoms with Crippen LogP contribution in [-0.4, -0.2) is 31.3 Å². The Labute approximate surface area is 196 Å². The quantitative estimate of drug-likeness (QED) is 0.362. The first-order valence-corrected chi connectivity index (χ1v) is 11.6. The number of pyridine rings is 1. The molecule has 1 unspecified atom stereocenters. The predicted octanol–water partition coefficient (Wildman–Crippen LogP) is 6.17. The molecule has 3 aromatic heterocycles. The first kappa shape index (κ1) is 21.9. The second-order valence-electron chi connectivity index (χ2n) is 8.59. The number of benzene rings is 1. The highest BCUT2D eigenvalue weighted by molar-refractivity contribution is 6.30. The molecule has 1 saturated carbocycles. The van der Waals surface area contributed by atoms with Crippen LogP contribution in [0.5, 0.6) is 0 Å². The van der Waals surface area contributed by atoms with E-state index < -0.39 is 5.82 Å². The molecule has 1 aromatic carbocycles. The lowest BCUT2D eigenvalue weighted by atomic mass is 10.1. The summed E-state index contributed by atoms with van der Waals surface area (Å²) in [4.78, 5) is 12.8. The Hall–Kier alpha value is -2.90.